The molecule has 1 amide bonds. The monoisotopic (exact) mass is 489 g/mol. The zero-order valence-corrected chi connectivity index (χ0v) is 22.9. The van der Waals surface area contributed by atoms with Crippen LogP contribution in [0.2, 0.25) is 0 Å². The Kier molecular flexibility index (Phi) is 11.6. The number of piperidine rings is 1. The van der Waals surface area contributed by atoms with E-state index in [1.807, 2.05) is 78.1 Å². The maximum Gasteiger partial charge on any atom is 0.272 e. The molecule has 0 unspecified atom stereocenters. The van der Waals surface area contributed by atoms with E-state index >= 15 is 0 Å². The molecule has 4 rings (SSSR count). The van der Waals surface area contributed by atoms with Crippen LogP contribution < -0.4 is 10.1 Å². The van der Waals surface area contributed by atoms with Crippen molar-refractivity contribution in [2.75, 3.05) is 26.2 Å². The van der Waals surface area contributed by atoms with Crippen molar-refractivity contribution < 1.29 is 9.53 Å². The van der Waals surface area contributed by atoms with Crippen LogP contribution in [0.5, 0.6) is 5.75 Å². The first kappa shape index (κ1) is 29.1. The molecule has 1 N–H and O–H groups in total. The second kappa shape index (κ2) is 14.4. The maximum absolute atomic E-state index is 12.7. The van der Waals surface area contributed by atoms with Gasteiger partial charge in [0, 0.05) is 48.8 Å². The summed E-state index contributed by atoms with van der Waals surface area (Å²) >= 11 is 0. The lowest BCUT2D eigenvalue weighted by atomic mass is 9.83. The van der Waals surface area contributed by atoms with Gasteiger partial charge in [-0.15, -0.1) is 0 Å². The van der Waals surface area contributed by atoms with Crippen LogP contribution in [0.3, 0.4) is 0 Å². The number of nitrogens with one attached hydrogen (secondary N) is 1. The number of amides is 1. The molecule has 0 bridgehead atoms. The summed E-state index contributed by atoms with van der Waals surface area (Å²) in [5.74, 6) is 0.864. The lowest BCUT2D eigenvalue weighted by Gasteiger charge is -2.40. The van der Waals surface area contributed by atoms with E-state index in [1.54, 1.807) is 11.0 Å². The molecule has 5 nitrogen and oxygen atoms in total. The summed E-state index contributed by atoms with van der Waals surface area (Å²) in [4.78, 5) is 19.0. The molecule has 2 aliphatic rings. The summed E-state index contributed by atoms with van der Waals surface area (Å²) in [5, 5.41) is 3.43. The smallest absolute Gasteiger partial charge is 0.272 e. The number of fused-ring (bicyclic) bond motifs is 1. The van der Waals surface area contributed by atoms with Crippen molar-refractivity contribution in [2.24, 2.45) is 0 Å². The molecule has 1 aromatic heterocycles. The van der Waals surface area contributed by atoms with Crippen molar-refractivity contribution in [3.8, 4) is 5.75 Å². The molecule has 0 saturated carbocycles. The lowest BCUT2D eigenvalue weighted by Crippen LogP contribution is -2.46. The van der Waals surface area contributed by atoms with Gasteiger partial charge in [-0.2, -0.15) is 0 Å². The number of ether oxygens (including phenoxy) is 1. The number of carbonyl (C=O) groups excluding carboxylic acids is 1. The van der Waals surface area contributed by atoms with E-state index in [-0.39, 0.29) is 11.5 Å². The second-order valence-electron chi connectivity index (χ2n) is 8.20. The summed E-state index contributed by atoms with van der Waals surface area (Å²) in [6.45, 7) is 18.9. The third-order valence-electron chi connectivity index (χ3n) is 6.25. The topological polar surface area (TPSA) is 54.5 Å². The number of nitrogens with zero attached hydrogens (tertiary/aromatic N) is 2. The third kappa shape index (κ3) is 6.52. The molecule has 0 aliphatic carbocycles. The molecular weight excluding hydrogens is 446 g/mol. The summed E-state index contributed by atoms with van der Waals surface area (Å²) in [5.41, 5.74) is 4.31. The van der Waals surface area contributed by atoms with Gasteiger partial charge in [0.05, 0.1) is 0 Å². The number of pyridine rings is 1. The molecule has 2 aliphatic heterocycles. The highest BCUT2D eigenvalue weighted by Gasteiger charge is 2.37. The molecule has 0 atom stereocenters. The molecule has 3 heterocycles. The van der Waals surface area contributed by atoms with Crippen LogP contribution in [-0.4, -0.2) is 47.6 Å². The Balaban J connectivity index is 0.00000109. The maximum atomic E-state index is 12.7. The predicted molar refractivity (Wildman–Crippen MR) is 152 cm³/mol. The predicted octanol–water partition coefficient (Wildman–Crippen LogP) is 6.76. The van der Waals surface area contributed by atoms with Gasteiger partial charge in [-0.3, -0.25) is 9.78 Å². The van der Waals surface area contributed by atoms with E-state index in [0.717, 1.165) is 53.9 Å². The van der Waals surface area contributed by atoms with Crippen LogP contribution in [-0.2, 0) is 0 Å². The zero-order valence-electron chi connectivity index (χ0n) is 22.9. The first-order valence-corrected chi connectivity index (χ1v) is 13.4. The van der Waals surface area contributed by atoms with Crippen molar-refractivity contribution in [2.45, 2.75) is 60.0 Å². The summed E-state index contributed by atoms with van der Waals surface area (Å²) in [7, 11) is 0. The Hall–Kier alpha value is -3.18. The van der Waals surface area contributed by atoms with Crippen LogP contribution in [0.15, 0.2) is 61.3 Å². The van der Waals surface area contributed by atoms with E-state index in [0.29, 0.717) is 18.8 Å². The summed E-state index contributed by atoms with van der Waals surface area (Å²) in [6, 6.07) is 10.1. The fraction of sp³-hybridized carbons (Fsp3) is 0.419. The van der Waals surface area contributed by atoms with Crippen LogP contribution in [0, 0.1) is 0 Å². The minimum Gasteiger partial charge on any atom is -0.482 e. The van der Waals surface area contributed by atoms with Gasteiger partial charge in [-0.1, -0.05) is 76.8 Å². The highest BCUT2D eigenvalue weighted by atomic mass is 16.5. The van der Waals surface area contributed by atoms with Crippen molar-refractivity contribution >= 4 is 17.6 Å². The molecule has 194 valence electrons. The van der Waals surface area contributed by atoms with Crippen LogP contribution >= 0.6 is 0 Å². The first-order chi connectivity index (χ1) is 17.6. The number of benzene rings is 1. The number of aromatic nitrogens is 1. The van der Waals surface area contributed by atoms with Gasteiger partial charge in [0.1, 0.15) is 17.0 Å². The average molecular weight is 490 g/mol. The Bertz CT molecular complexity index is 1040. The fourth-order valence-electron chi connectivity index (χ4n) is 4.45. The number of hydrogen-bond donors (Lipinski definition) is 1. The van der Waals surface area contributed by atoms with Crippen LogP contribution in [0.4, 0.5) is 0 Å². The lowest BCUT2D eigenvalue weighted by molar-refractivity contribution is 0.0766. The molecule has 2 aromatic rings. The summed E-state index contributed by atoms with van der Waals surface area (Å²) < 4.78 is 6.68. The van der Waals surface area contributed by atoms with E-state index in [2.05, 4.69) is 35.1 Å². The van der Waals surface area contributed by atoms with Gasteiger partial charge in [-0.05, 0) is 44.7 Å². The molecule has 0 radical (unpaired) electrons. The molecule has 36 heavy (non-hydrogen) atoms. The van der Waals surface area contributed by atoms with E-state index in [1.165, 1.54) is 0 Å². The molecular formula is C31H43N3O2. The number of rotatable bonds is 6. The van der Waals surface area contributed by atoms with Gasteiger partial charge in [0.2, 0.25) is 0 Å². The van der Waals surface area contributed by atoms with Gasteiger partial charge >= 0.3 is 0 Å². The standard InChI is InChI=1S/C27H31N3O2.2C2H6/c1-4-7-9-20-10-8-11-22-23(18-27(32-25(20)22)14-16-28-17-15-27)21-12-13-24(29-19-21)26(31)30(5-2)6-3;2*1-2/h4,7-13,18-19,28H,1,5-6,14-17H2,2-3H3;2*1-2H3/b9-7-;;. The Morgan fingerprint density at radius 1 is 1.11 bits per heavy atom. The van der Waals surface area contributed by atoms with Crippen LogP contribution in [0.25, 0.3) is 11.6 Å². The third-order valence-corrected chi connectivity index (χ3v) is 6.25. The Labute approximate surface area is 218 Å². The Morgan fingerprint density at radius 2 is 1.81 bits per heavy atom. The molecule has 5 heteroatoms. The van der Waals surface area contributed by atoms with Crippen molar-refractivity contribution in [3.63, 3.8) is 0 Å². The largest absolute Gasteiger partial charge is 0.482 e. The first-order valence-electron chi connectivity index (χ1n) is 13.4. The SMILES string of the molecule is C=C/C=C\c1cccc2c1OC1(C=C2c2ccc(C(=O)N(CC)CC)nc2)CCNCC1.CC.CC. The molecule has 1 spiro atoms. The fourth-order valence-corrected chi connectivity index (χ4v) is 4.45. The van der Waals surface area contributed by atoms with Gasteiger partial charge < -0.3 is 15.0 Å². The summed E-state index contributed by atoms with van der Waals surface area (Å²) in [6.07, 6.45) is 11.6. The van der Waals surface area contributed by atoms with E-state index in [9.17, 15) is 4.79 Å². The quantitative estimate of drug-likeness (QED) is 0.455. The minimum absolute atomic E-state index is 0.0328. The minimum atomic E-state index is -0.346. The number of carbonyl (C=O) groups is 1. The number of allylic oxidation sites excluding steroid dienone is 2. The highest BCUT2D eigenvalue weighted by molar-refractivity contribution is 5.93. The van der Waals surface area contributed by atoms with Gasteiger partial charge in [-0.25, -0.2) is 0 Å². The number of hydrogen-bond acceptors (Lipinski definition) is 4. The zero-order chi connectivity index (χ0) is 26.6. The molecule has 1 aromatic carbocycles. The van der Waals surface area contributed by atoms with E-state index < -0.39 is 0 Å². The van der Waals surface area contributed by atoms with Gasteiger partial charge in [0.25, 0.3) is 5.91 Å². The normalized spacial score (nSPS) is 15.3. The van der Waals surface area contributed by atoms with Gasteiger partial charge in [0.15, 0.2) is 0 Å². The van der Waals surface area contributed by atoms with Crippen molar-refractivity contribution in [3.05, 3.63) is 83.7 Å². The average Bonchev–Trinajstić information content (AvgIpc) is 2.95. The number of para-hydroxylation sites is 1. The van der Waals surface area contributed by atoms with Crippen molar-refractivity contribution in [1.29, 1.82) is 0 Å². The molecule has 1 fully saturated rings. The van der Waals surface area contributed by atoms with E-state index in [4.69, 9.17) is 4.74 Å². The van der Waals surface area contributed by atoms with Crippen LogP contribution in [0.1, 0.15) is 81.6 Å². The van der Waals surface area contributed by atoms with Crippen molar-refractivity contribution in [1.82, 2.24) is 15.2 Å². The second-order valence-corrected chi connectivity index (χ2v) is 8.20. The Morgan fingerprint density at radius 3 is 2.39 bits per heavy atom. The highest BCUT2D eigenvalue weighted by Crippen LogP contribution is 2.44. The molecule has 1 saturated heterocycles.